The monoisotopic (exact) mass is 364 g/mol. The Kier molecular flexibility index (Phi) is 5.17. The molecule has 1 saturated heterocycles. The summed E-state index contributed by atoms with van der Waals surface area (Å²) in [5.41, 5.74) is 6.05. The maximum Gasteiger partial charge on any atom is 0.254 e. The summed E-state index contributed by atoms with van der Waals surface area (Å²) in [6.45, 7) is 5.13. The van der Waals surface area contributed by atoms with E-state index in [4.69, 9.17) is 5.73 Å². The van der Waals surface area contributed by atoms with Crippen LogP contribution in [0.25, 0.3) is 0 Å². The highest BCUT2D eigenvalue weighted by molar-refractivity contribution is 7.99. The van der Waals surface area contributed by atoms with Crippen molar-refractivity contribution < 1.29 is 9.59 Å². The third-order valence-corrected chi connectivity index (χ3v) is 6.06. The number of hydrogen-bond acceptors (Lipinski definition) is 5. The minimum absolute atomic E-state index is 0.0289. The third kappa shape index (κ3) is 3.73. The first-order chi connectivity index (χ1) is 11.9. The fourth-order valence-corrected chi connectivity index (χ4v) is 4.52. The van der Waals surface area contributed by atoms with Crippen LogP contribution in [0.1, 0.15) is 50.8 Å². The normalized spacial score (nSPS) is 20.8. The molecule has 1 fully saturated rings. The Balaban J connectivity index is 1.67. The standard InChI is InChI=1S/C17H24N4O3S/c1-10(2)13-8-15(23)21-12(9-25-17(21)19-13)7-14(22)20-5-3-11(4-6-20)16(18)24/h8,10-12H,3-7,9H2,1-2H3,(H2,18,24). The lowest BCUT2D eigenvalue weighted by molar-refractivity contribution is -0.135. The molecule has 7 nitrogen and oxygen atoms in total. The molecule has 2 N–H and O–H groups in total. The van der Waals surface area contributed by atoms with Crippen LogP contribution in [0.3, 0.4) is 0 Å². The van der Waals surface area contributed by atoms with E-state index in [0.29, 0.717) is 43.3 Å². The molecule has 0 aromatic carbocycles. The summed E-state index contributed by atoms with van der Waals surface area (Å²) in [6.07, 6.45) is 1.54. The van der Waals surface area contributed by atoms with Crippen LogP contribution < -0.4 is 11.3 Å². The summed E-state index contributed by atoms with van der Waals surface area (Å²) in [6, 6.07) is 1.43. The number of rotatable bonds is 4. The van der Waals surface area contributed by atoms with Gasteiger partial charge in [0, 0.05) is 37.2 Å². The predicted molar refractivity (Wildman–Crippen MR) is 95.5 cm³/mol. The largest absolute Gasteiger partial charge is 0.369 e. The molecule has 0 spiro atoms. The Bertz CT molecular complexity index is 738. The van der Waals surface area contributed by atoms with Gasteiger partial charge >= 0.3 is 0 Å². The maximum absolute atomic E-state index is 12.6. The van der Waals surface area contributed by atoms with E-state index in [2.05, 4.69) is 4.98 Å². The van der Waals surface area contributed by atoms with E-state index >= 15 is 0 Å². The summed E-state index contributed by atoms with van der Waals surface area (Å²) >= 11 is 1.53. The SMILES string of the molecule is CC(C)c1cc(=O)n2c(n1)SCC2CC(=O)N1CCC(C(N)=O)CC1. The number of nitrogens with zero attached hydrogens (tertiary/aromatic N) is 3. The number of aromatic nitrogens is 2. The molecule has 3 heterocycles. The third-order valence-electron chi connectivity index (χ3n) is 4.96. The number of likely N-dealkylation sites (tertiary alicyclic amines) is 1. The van der Waals surface area contributed by atoms with Gasteiger partial charge < -0.3 is 10.6 Å². The minimum Gasteiger partial charge on any atom is -0.369 e. The predicted octanol–water partition coefficient (Wildman–Crippen LogP) is 1.13. The Morgan fingerprint density at radius 2 is 2.04 bits per heavy atom. The number of fused-ring (bicyclic) bond motifs is 1. The van der Waals surface area contributed by atoms with Gasteiger partial charge in [0.15, 0.2) is 5.16 Å². The van der Waals surface area contributed by atoms with E-state index in [1.165, 1.54) is 11.8 Å². The fourth-order valence-electron chi connectivity index (χ4n) is 3.36. The Labute approximate surface area is 151 Å². The van der Waals surface area contributed by atoms with Crippen molar-refractivity contribution in [2.75, 3.05) is 18.8 Å². The molecule has 1 unspecified atom stereocenters. The van der Waals surface area contributed by atoms with Crippen molar-refractivity contribution in [2.45, 2.75) is 50.2 Å². The van der Waals surface area contributed by atoms with Gasteiger partial charge in [0.2, 0.25) is 11.8 Å². The molecule has 0 saturated carbocycles. The second-order valence-electron chi connectivity index (χ2n) is 7.05. The number of thioether (sulfide) groups is 1. The van der Waals surface area contributed by atoms with Crippen molar-refractivity contribution in [1.82, 2.24) is 14.5 Å². The Morgan fingerprint density at radius 3 is 2.64 bits per heavy atom. The summed E-state index contributed by atoms with van der Waals surface area (Å²) in [5, 5.41) is 0.710. The van der Waals surface area contributed by atoms with Crippen LogP contribution in [-0.2, 0) is 9.59 Å². The van der Waals surface area contributed by atoms with Gasteiger partial charge in [-0.2, -0.15) is 0 Å². The highest BCUT2D eigenvalue weighted by atomic mass is 32.2. The molecule has 8 heteroatoms. The topological polar surface area (TPSA) is 98.3 Å². The van der Waals surface area contributed by atoms with Crippen LogP contribution in [0.2, 0.25) is 0 Å². The molecule has 0 radical (unpaired) electrons. The number of nitrogens with two attached hydrogens (primary N) is 1. The van der Waals surface area contributed by atoms with Crippen LogP contribution in [0.15, 0.2) is 16.0 Å². The zero-order valence-electron chi connectivity index (χ0n) is 14.6. The lowest BCUT2D eigenvalue weighted by atomic mass is 9.96. The Hall–Kier alpha value is -1.83. The van der Waals surface area contributed by atoms with E-state index in [9.17, 15) is 14.4 Å². The van der Waals surface area contributed by atoms with Crippen molar-refractivity contribution in [3.05, 3.63) is 22.1 Å². The number of carbonyl (C=O) groups excluding carboxylic acids is 2. The van der Waals surface area contributed by atoms with Gasteiger partial charge in [0.25, 0.3) is 5.56 Å². The molecule has 0 aliphatic carbocycles. The molecule has 3 rings (SSSR count). The van der Waals surface area contributed by atoms with Crippen molar-refractivity contribution in [3.63, 3.8) is 0 Å². The highest BCUT2D eigenvalue weighted by Crippen LogP contribution is 2.33. The molecule has 2 aliphatic heterocycles. The van der Waals surface area contributed by atoms with Crippen LogP contribution in [0.5, 0.6) is 0 Å². The lowest BCUT2D eigenvalue weighted by Crippen LogP contribution is -2.42. The van der Waals surface area contributed by atoms with E-state index < -0.39 is 0 Å². The first-order valence-electron chi connectivity index (χ1n) is 8.70. The van der Waals surface area contributed by atoms with Crippen LogP contribution in [0.4, 0.5) is 0 Å². The zero-order chi connectivity index (χ0) is 18.1. The molecular weight excluding hydrogens is 340 g/mol. The summed E-state index contributed by atoms with van der Waals surface area (Å²) in [5.74, 6) is 0.500. The maximum atomic E-state index is 12.6. The summed E-state index contributed by atoms with van der Waals surface area (Å²) in [7, 11) is 0. The quantitative estimate of drug-likeness (QED) is 0.808. The van der Waals surface area contributed by atoms with Crippen molar-refractivity contribution in [2.24, 2.45) is 11.7 Å². The molecule has 136 valence electrons. The van der Waals surface area contributed by atoms with Crippen molar-refractivity contribution >= 4 is 23.6 Å². The van der Waals surface area contributed by atoms with Crippen molar-refractivity contribution in [3.8, 4) is 0 Å². The van der Waals surface area contributed by atoms with Crippen LogP contribution >= 0.6 is 11.8 Å². The molecule has 1 atom stereocenters. The van der Waals surface area contributed by atoms with Gasteiger partial charge in [-0.25, -0.2) is 4.98 Å². The smallest absolute Gasteiger partial charge is 0.254 e. The first-order valence-corrected chi connectivity index (χ1v) is 9.68. The highest BCUT2D eigenvalue weighted by Gasteiger charge is 2.31. The van der Waals surface area contributed by atoms with E-state index in [-0.39, 0.29) is 35.3 Å². The van der Waals surface area contributed by atoms with E-state index in [1.54, 1.807) is 15.5 Å². The second-order valence-corrected chi connectivity index (χ2v) is 8.04. The molecule has 2 amide bonds. The molecule has 25 heavy (non-hydrogen) atoms. The molecule has 2 aliphatic rings. The van der Waals surface area contributed by atoms with Gasteiger partial charge in [0.1, 0.15) is 0 Å². The van der Waals surface area contributed by atoms with Gasteiger partial charge in [-0.1, -0.05) is 25.6 Å². The number of primary amides is 1. The average Bonchev–Trinajstić information content (AvgIpc) is 2.98. The number of hydrogen-bond donors (Lipinski definition) is 1. The average molecular weight is 364 g/mol. The van der Waals surface area contributed by atoms with Gasteiger partial charge in [0.05, 0.1) is 11.7 Å². The molecule has 1 aromatic rings. The van der Waals surface area contributed by atoms with Gasteiger partial charge in [-0.05, 0) is 18.8 Å². The van der Waals surface area contributed by atoms with E-state index in [1.807, 2.05) is 13.8 Å². The fraction of sp³-hybridized carbons (Fsp3) is 0.647. The Morgan fingerprint density at radius 1 is 1.36 bits per heavy atom. The first kappa shape index (κ1) is 18.0. The van der Waals surface area contributed by atoms with Crippen molar-refractivity contribution in [1.29, 1.82) is 0 Å². The molecular formula is C17H24N4O3S. The number of amides is 2. The van der Waals surface area contributed by atoms with Gasteiger partial charge in [-0.15, -0.1) is 0 Å². The summed E-state index contributed by atoms with van der Waals surface area (Å²) in [4.78, 5) is 42.6. The van der Waals surface area contributed by atoms with Crippen LogP contribution in [-0.4, -0.2) is 45.1 Å². The molecule has 0 bridgehead atoms. The number of piperidine rings is 1. The summed E-state index contributed by atoms with van der Waals surface area (Å²) < 4.78 is 1.66. The minimum atomic E-state index is -0.285. The number of carbonyl (C=O) groups is 2. The van der Waals surface area contributed by atoms with Gasteiger partial charge in [-0.3, -0.25) is 19.0 Å². The zero-order valence-corrected chi connectivity index (χ0v) is 15.4. The molecule has 1 aromatic heterocycles. The van der Waals surface area contributed by atoms with Crippen LogP contribution in [0, 0.1) is 5.92 Å². The van der Waals surface area contributed by atoms with E-state index in [0.717, 1.165) is 5.69 Å². The second kappa shape index (κ2) is 7.19. The lowest BCUT2D eigenvalue weighted by Gasteiger charge is -2.31.